The number of ether oxygens (including phenoxy) is 2. The third-order valence-electron chi connectivity index (χ3n) is 3.77. The van der Waals surface area contributed by atoms with Gasteiger partial charge in [0.1, 0.15) is 11.6 Å². The maximum absolute atomic E-state index is 13.3. The topological polar surface area (TPSA) is 72.5 Å². The lowest BCUT2D eigenvalue weighted by Gasteiger charge is -2.23. The summed E-state index contributed by atoms with van der Waals surface area (Å²) in [6.07, 6.45) is 1.93. The van der Waals surface area contributed by atoms with Crippen molar-refractivity contribution < 1.29 is 18.7 Å². The van der Waals surface area contributed by atoms with E-state index in [1.165, 1.54) is 12.1 Å². The number of hydrogen-bond acceptors (Lipinski definition) is 5. The standard InChI is InChI=1S/C18H20FN3O3/c19-14-4-1-5-16(9-14)25-18-13(3-2-6-21-18)11-22-17(23)10-15-12-24-8-7-20-15/h1-6,9,15,20H,7-8,10-12H2,(H,22,23). The highest BCUT2D eigenvalue weighted by atomic mass is 19.1. The summed E-state index contributed by atoms with van der Waals surface area (Å²) in [5.74, 6) is 0.233. The van der Waals surface area contributed by atoms with E-state index in [4.69, 9.17) is 9.47 Å². The van der Waals surface area contributed by atoms with Crippen molar-refractivity contribution in [3.63, 3.8) is 0 Å². The first-order valence-corrected chi connectivity index (χ1v) is 8.16. The van der Waals surface area contributed by atoms with Crippen LogP contribution >= 0.6 is 0 Å². The number of pyridine rings is 1. The molecule has 0 aliphatic carbocycles. The average Bonchev–Trinajstić information content (AvgIpc) is 2.62. The summed E-state index contributed by atoms with van der Waals surface area (Å²) in [6.45, 7) is 2.25. The smallest absolute Gasteiger partial charge is 0.224 e. The Labute approximate surface area is 145 Å². The van der Waals surface area contributed by atoms with Crippen molar-refractivity contribution in [1.29, 1.82) is 0 Å². The molecule has 3 rings (SSSR count). The van der Waals surface area contributed by atoms with Gasteiger partial charge in [0.25, 0.3) is 0 Å². The van der Waals surface area contributed by atoms with Crippen molar-refractivity contribution in [2.24, 2.45) is 0 Å². The largest absolute Gasteiger partial charge is 0.439 e. The Bertz CT molecular complexity index is 720. The molecule has 0 spiro atoms. The van der Waals surface area contributed by atoms with Crippen LogP contribution in [0.25, 0.3) is 0 Å². The monoisotopic (exact) mass is 345 g/mol. The third-order valence-corrected chi connectivity index (χ3v) is 3.77. The molecular formula is C18H20FN3O3. The Balaban J connectivity index is 1.58. The Hall–Kier alpha value is -2.51. The molecule has 1 fully saturated rings. The Kier molecular flexibility index (Phi) is 5.92. The van der Waals surface area contributed by atoms with E-state index >= 15 is 0 Å². The highest BCUT2D eigenvalue weighted by Crippen LogP contribution is 2.23. The highest BCUT2D eigenvalue weighted by molar-refractivity contribution is 5.76. The number of rotatable bonds is 6. The van der Waals surface area contributed by atoms with Gasteiger partial charge in [0.15, 0.2) is 0 Å². The SMILES string of the molecule is O=C(CC1COCCN1)NCc1cccnc1Oc1cccc(F)c1. The van der Waals surface area contributed by atoms with Crippen molar-refractivity contribution in [3.05, 3.63) is 54.0 Å². The summed E-state index contributed by atoms with van der Waals surface area (Å²) in [7, 11) is 0. The van der Waals surface area contributed by atoms with Crippen LogP contribution in [0.4, 0.5) is 4.39 Å². The van der Waals surface area contributed by atoms with Gasteiger partial charge in [-0.2, -0.15) is 0 Å². The molecule has 132 valence electrons. The van der Waals surface area contributed by atoms with Gasteiger partial charge in [0, 0.05) is 43.4 Å². The second kappa shape index (κ2) is 8.55. The Morgan fingerprint density at radius 1 is 1.40 bits per heavy atom. The van der Waals surface area contributed by atoms with E-state index in [-0.39, 0.29) is 24.3 Å². The van der Waals surface area contributed by atoms with Gasteiger partial charge in [-0.05, 0) is 18.2 Å². The Morgan fingerprint density at radius 3 is 3.12 bits per heavy atom. The van der Waals surface area contributed by atoms with Crippen molar-refractivity contribution in [2.75, 3.05) is 19.8 Å². The minimum absolute atomic E-state index is 0.0330. The van der Waals surface area contributed by atoms with Crippen LogP contribution in [0.1, 0.15) is 12.0 Å². The molecule has 1 aromatic heterocycles. The number of amides is 1. The van der Waals surface area contributed by atoms with Crippen molar-refractivity contribution in [2.45, 2.75) is 19.0 Å². The quantitative estimate of drug-likeness (QED) is 0.838. The molecule has 1 saturated heterocycles. The van der Waals surface area contributed by atoms with Gasteiger partial charge in [-0.1, -0.05) is 12.1 Å². The molecule has 25 heavy (non-hydrogen) atoms. The van der Waals surface area contributed by atoms with Crippen LogP contribution in [-0.4, -0.2) is 36.7 Å². The number of morpholine rings is 1. The highest BCUT2D eigenvalue weighted by Gasteiger charge is 2.17. The van der Waals surface area contributed by atoms with Crippen LogP contribution in [0.2, 0.25) is 0 Å². The van der Waals surface area contributed by atoms with Gasteiger partial charge in [0.05, 0.1) is 13.2 Å². The van der Waals surface area contributed by atoms with E-state index in [1.807, 2.05) is 6.07 Å². The van der Waals surface area contributed by atoms with Crippen molar-refractivity contribution in [3.8, 4) is 11.6 Å². The second-order valence-corrected chi connectivity index (χ2v) is 5.73. The number of carbonyl (C=O) groups is 1. The van der Waals surface area contributed by atoms with E-state index in [1.54, 1.807) is 24.4 Å². The predicted molar refractivity (Wildman–Crippen MR) is 89.8 cm³/mol. The number of nitrogens with one attached hydrogen (secondary N) is 2. The molecule has 7 heteroatoms. The normalized spacial score (nSPS) is 17.1. The molecule has 2 N–H and O–H groups in total. The van der Waals surface area contributed by atoms with Gasteiger partial charge in [-0.25, -0.2) is 9.37 Å². The fourth-order valence-electron chi connectivity index (χ4n) is 2.53. The van der Waals surface area contributed by atoms with Crippen LogP contribution in [0.5, 0.6) is 11.6 Å². The molecule has 1 unspecified atom stereocenters. The first-order valence-electron chi connectivity index (χ1n) is 8.16. The fraction of sp³-hybridized carbons (Fsp3) is 0.333. The Morgan fingerprint density at radius 2 is 2.32 bits per heavy atom. The summed E-state index contributed by atoms with van der Waals surface area (Å²) in [5.41, 5.74) is 0.716. The second-order valence-electron chi connectivity index (χ2n) is 5.73. The maximum atomic E-state index is 13.3. The molecule has 1 amide bonds. The molecule has 0 radical (unpaired) electrons. The number of halogens is 1. The predicted octanol–water partition coefficient (Wildman–Crippen LogP) is 2.01. The zero-order chi connectivity index (χ0) is 17.5. The lowest BCUT2D eigenvalue weighted by molar-refractivity contribution is -0.122. The van der Waals surface area contributed by atoms with Gasteiger partial charge >= 0.3 is 0 Å². The molecular weight excluding hydrogens is 325 g/mol. The lowest BCUT2D eigenvalue weighted by Crippen LogP contribution is -2.44. The molecule has 2 aromatic rings. The van der Waals surface area contributed by atoms with Crippen molar-refractivity contribution >= 4 is 5.91 Å². The van der Waals surface area contributed by atoms with E-state index in [2.05, 4.69) is 15.6 Å². The zero-order valence-electron chi connectivity index (χ0n) is 13.7. The van der Waals surface area contributed by atoms with Gasteiger partial charge in [0.2, 0.25) is 11.8 Å². The number of benzene rings is 1. The number of hydrogen-bond donors (Lipinski definition) is 2. The minimum Gasteiger partial charge on any atom is -0.439 e. The maximum Gasteiger partial charge on any atom is 0.224 e. The summed E-state index contributed by atoms with van der Waals surface area (Å²) in [5, 5.41) is 6.09. The molecule has 1 atom stereocenters. The van der Waals surface area contributed by atoms with Crippen LogP contribution in [0.15, 0.2) is 42.6 Å². The molecule has 0 bridgehead atoms. The van der Waals surface area contributed by atoms with Crippen LogP contribution in [-0.2, 0) is 16.1 Å². The van der Waals surface area contributed by atoms with E-state index in [0.717, 1.165) is 6.54 Å². The van der Waals surface area contributed by atoms with E-state index in [0.29, 0.717) is 36.8 Å². The van der Waals surface area contributed by atoms with Gasteiger partial charge in [-0.15, -0.1) is 0 Å². The number of nitrogens with zero attached hydrogens (tertiary/aromatic N) is 1. The number of carbonyl (C=O) groups excluding carboxylic acids is 1. The lowest BCUT2D eigenvalue weighted by atomic mass is 10.2. The first kappa shape index (κ1) is 17.3. The zero-order valence-corrected chi connectivity index (χ0v) is 13.7. The fourth-order valence-corrected chi connectivity index (χ4v) is 2.53. The third kappa shape index (κ3) is 5.23. The summed E-state index contributed by atoms with van der Waals surface area (Å²) in [4.78, 5) is 16.3. The van der Waals surface area contributed by atoms with Crippen LogP contribution in [0.3, 0.4) is 0 Å². The first-order chi connectivity index (χ1) is 12.2. The molecule has 6 nitrogen and oxygen atoms in total. The van der Waals surface area contributed by atoms with Gasteiger partial charge < -0.3 is 20.1 Å². The molecule has 2 heterocycles. The van der Waals surface area contributed by atoms with Crippen LogP contribution < -0.4 is 15.4 Å². The molecule has 1 aromatic carbocycles. The minimum atomic E-state index is -0.384. The summed E-state index contributed by atoms with van der Waals surface area (Å²) >= 11 is 0. The number of aromatic nitrogens is 1. The van der Waals surface area contributed by atoms with Crippen molar-refractivity contribution in [1.82, 2.24) is 15.6 Å². The van der Waals surface area contributed by atoms with E-state index in [9.17, 15) is 9.18 Å². The van der Waals surface area contributed by atoms with Gasteiger partial charge in [-0.3, -0.25) is 4.79 Å². The van der Waals surface area contributed by atoms with E-state index < -0.39 is 0 Å². The molecule has 1 aliphatic rings. The molecule has 1 aliphatic heterocycles. The van der Waals surface area contributed by atoms with Crippen LogP contribution in [0, 0.1) is 5.82 Å². The summed E-state index contributed by atoms with van der Waals surface area (Å²) < 4.78 is 24.2. The molecule has 0 saturated carbocycles. The summed E-state index contributed by atoms with van der Waals surface area (Å²) in [6, 6.07) is 9.44. The average molecular weight is 345 g/mol.